The normalized spacial score (nSPS) is 11.7. The van der Waals surface area contributed by atoms with E-state index in [0.717, 1.165) is 0 Å². The van der Waals surface area contributed by atoms with Crippen LogP contribution in [-0.2, 0) is 9.53 Å². The summed E-state index contributed by atoms with van der Waals surface area (Å²) >= 11 is 12.3. The zero-order valence-electron chi connectivity index (χ0n) is 15.3. The zero-order chi connectivity index (χ0) is 21.4. The summed E-state index contributed by atoms with van der Waals surface area (Å²) in [4.78, 5) is 12.0. The average Bonchev–Trinajstić information content (AvgIpc) is 2.67. The van der Waals surface area contributed by atoms with Gasteiger partial charge in [0.1, 0.15) is 18.2 Å². The molecule has 0 saturated carbocycles. The Labute approximate surface area is 177 Å². The van der Waals surface area contributed by atoms with Crippen molar-refractivity contribution < 1.29 is 24.5 Å². The molecule has 0 fully saturated rings. The number of nitrogens with two attached hydrogens (primary N) is 1. The number of carboxylic acid groups (broad SMARTS) is 1. The number of hydrogen-bond donors (Lipinski definition) is 5. The number of carbonyl (C=O) groups is 1. The van der Waals surface area contributed by atoms with Gasteiger partial charge in [0, 0.05) is 21.8 Å². The molecule has 0 aliphatic rings. The van der Waals surface area contributed by atoms with Crippen molar-refractivity contribution in [2.24, 2.45) is 5.73 Å². The second-order valence-corrected chi connectivity index (χ2v) is 6.74. The van der Waals surface area contributed by atoms with Gasteiger partial charge in [0.15, 0.2) is 6.04 Å². The zero-order valence-corrected chi connectivity index (χ0v) is 16.8. The van der Waals surface area contributed by atoms with E-state index in [1.807, 2.05) is 0 Å². The summed E-state index contributed by atoms with van der Waals surface area (Å²) in [7, 11) is 0. The van der Waals surface area contributed by atoms with E-state index in [9.17, 15) is 9.90 Å². The van der Waals surface area contributed by atoms with Crippen molar-refractivity contribution in [3.8, 4) is 5.75 Å². The number of nitrogens with one attached hydrogen (secondary N) is 2. The third kappa shape index (κ3) is 6.50. The van der Waals surface area contributed by atoms with E-state index in [1.165, 1.54) is 12.1 Å². The average molecular weight is 442 g/mol. The van der Waals surface area contributed by atoms with E-state index in [2.05, 4.69) is 5.32 Å². The molecular weight excluding hydrogens is 421 g/mol. The van der Waals surface area contributed by atoms with Crippen LogP contribution in [0, 0.1) is 5.41 Å². The van der Waals surface area contributed by atoms with E-state index in [1.54, 1.807) is 24.3 Å². The molecular formula is C19H21Cl2N3O5. The maximum Gasteiger partial charge on any atom is 0.330 e. The van der Waals surface area contributed by atoms with Crippen molar-refractivity contribution in [2.45, 2.75) is 6.04 Å². The van der Waals surface area contributed by atoms with Gasteiger partial charge in [-0.1, -0.05) is 23.2 Å². The SMILES string of the molecule is N=C(N)c1ccc(NC(C(=O)O)c2cc(Cl)cc(Cl)c2OCCOCCO)cc1. The quantitative estimate of drug-likeness (QED) is 0.205. The van der Waals surface area contributed by atoms with Crippen molar-refractivity contribution >= 4 is 40.7 Å². The summed E-state index contributed by atoms with van der Waals surface area (Å²) in [6.45, 7) is 0.352. The molecule has 8 nitrogen and oxygen atoms in total. The monoisotopic (exact) mass is 441 g/mol. The highest BCUT2D eigenvalue weighted by Gasteiger charge is 2.26. The van der Waals surface area contributed by atoms with Crippen LogP contribution in [0.2, 0.25) is 10.0 Å². The molecule has 0 spiro atoms. The Balaban J connectivity index is 2.28. The van der Waals surface area contributed by atoms with E-state index in [4.69, 9.17) is 48.9 Å². The van der Waals surface area contributed by atoms with Gasteiger partial charge in [-0.25, -0.2) is 4.79 Å². The smallest absolute Gasteiger partial charge is 0.330 e. The third-order valence-corrected chi connectivity index (χ3v) is 4.31. The van der Waals surface area contributed by atoms with Crippen molar-refractivity contribution in [3.63, 3.8) is 0 Å². The standard InChI is InChI=1S/C19H21Cl2N3O5/c20-12-9-14(17(15(21)10-12)29-8-7-28-6-5-25)16(19(26)27)24-13-3-1-11(2-4-13)18(22)23/h1-4,9-10,16,24-25H,5-8H2,(H3,22,23)(H,26,27). The van der Waals surface area contributed by atoms with Crippen LogP contribution in [0.4, 0.5) is 5.69 Å². The fourth-order valence-electron chi connectivity index (χ4n) is 2.50. The molecule has 1 unspecified atom stereocenters. The molecule has 6 N–H and O–H groups in total. The Hall–Kier alpha value is -2.52. The fraction of sp³-hybridized carbons (Fsp3) is 0.263. The lowest BCUT2D eigenvalue weighted by atomic mass is 10.0. The van der Waals surface area contributed by atoms with Crippen LogP contribution in [-0.4, -0.2) is 48.4 Å². The lowest BCUT2D eigenvalue weighted by Gasteiger charge is -2.21. The molecule has 0 radical (unpaired) electrons. The van der Waals surface area contributed by atoms with Crippen LogP contribution in [0.1, 0.15) is 17.2 Å². The number of ether oxygens (including phenoxy) is 2. The highest BCUT2D eigenvalue weighted by atomic mass is 35.5. The summed E-state index contributed by atoms with van der Waals surface area (Å²) in [5.74, 6) is -1.09. The van der Waals surface area contributed by atoms with Crippen LogP contribution in [0.25, 0.3) is 0 Å². The molecule has 0 bridgehead atoms. The predicted molar refractivity (Wildman–Crippen MR) is 111 cm³/mol. The first kappa shape index (κ1) is 22.8. The third-order valence-electron chi connectivity index (χ3n) is 3.81. The minimum Gasteiger partial charge on any atom is -0.489 e. The molecule has 156 valence electrons. The summed E-state index contributed by atoms with van der Waals surface area (Å²) in [6.07, 6.45) is 0. The Morgan fingerprint density at radius 3 is 2.45 bits per heavy atom. The van der Waals surface area contributed by atoms with E-state index in [-0.39, 0.29) is 53.6 Å². The molecule has 10 heteroatoms. The summed E-state index contributed by atoms with van der Waals surface area (Å²) in [5.41, 5.74) is 6.69. The molecule has 0 heterocycles. The highest BCUT2D eigenvalue weighted by molar-refractivity contribution is 6.35. The van der Waals surface area contributed by atoms with Gasteiger partial charge < -0.3 is 30.7 Å². The fourth-order valence-corrected chi connectivity index (χ4v) is 3.07. The number of anilines is 1. The second-order valence-electron chi connectivity index (χ2n) is 5.90. The van der Waals surface area contributed by atoms with Gasteiger partial charge in [-0.15, -0.1) is 0 Å². The number of aliphatic hydroxyl groups is 1. The van der Waals surface area contributed by atoms with Crippen LogP contribution in [0.5, 0.6) is 5.75 Å². The molecule has 0 amide bonds. The minimum absolute atomic E-state index is 0.0907. The van der Waals surface area contributed by atoms with Gasteiger partial charge in [-0.05, 0) is 36.4 Å². The van der Waals surface area contributed by atoms with Crippen LogP contribution in [0.15, 0.2) is 36.4 Å². The molecule has 0 aliphatic heterocycles. The van der Waals surface area contributed by atoms with Gasteiger partial charge in [-0.3, -0.25) is 5.41 Å². The molecule has 0 aromatic heterocycles. The summed E-state index contributed by atoms with van der Waals surface area (Å²) in [6, 6.07) is 8.14. The largest absolute Gasteiger partial charge is 0.489 e. The number of rotatable bonds is 11. The van der Waals surface area contributed by atoms with Crippen molar-refractivity contribution in [1.29, 1.82) is 5.41 Å². The first-order valence-electron chi connectivity index (χ1n) is 8.57. The highest BCUT2D eigenvalue weighted by Crippen LogP contribution is 2.37. The number of aliphatic hydroxyl groups excluding tert-OH is 1. The van der Waals surface area contributed by atoms with Gasteiger partial charge in [0.05, 0.1) is 24.8 Å². The van der Waals surface area contributed by atoms with Crippen molar-refractivity contribution in [2.75, 3.05) is 31.7 Å². The van der Waals surface area contributed by atoms with Gasteiger partial charge in [0.25, 0.3) is 0 Å². The molecule has 1 atom stereocenters. The Morgan fingerprint density at radius 1 is 1.17 bits per heavy atom. The molecule has 29 heavy (non-hydrogen) atoms. The predicted octanol–water partition coefficient (Wildman–Crippen LogP) is 2.90. The molecule has 2 rings (SSSR count). The van der Waals surface area contributed by atoms with E-state index >= 15 is 0 Å². The summed E-state index contributed by atoms with van der Waals surface area (Å²) in [5, 5.41) is 29.2. The maximum atomic E-state index is 12.0. The van der Waals surface area contributed by atoms with Crippen LogP contribution < -0.4 is 15.8 Å². The van der Waals surface area contributed by atoms with E-state index in [0.29, 0.717) is 11.3 Å². The van der Waals surface area contributed by atoms with Crippen LogP contribution >= 0.6 is 23.2 Å². The number of aliphatic carboxylic acids is 1. The first-order valence-corrected chi connectivity index (χ1v) is 9.33. The number of halogens is 2. The number of nitrogen functional groups attached to an aromatic ring is 1. The van der Waals surface area contributed by atoms with E-state index < -0.39 is 12.0 Å². The number of amidine groups is 1. The van der Waals surface area contributed by atoms with Gasteiger partial charge in [-0.2, -0.15) is 0 Å². The van der Waals surface area contributed by atoms with Gasteiger partial charge >= 0.3 is 5.97 Å². The number of hydrogen-bond acceptors (Lipinski definition) is 6. The molecule has 0 aliphatic carbocycles. The lowest BCUT2D eigenvalue weighted by Crippen LogP contribution is -2.22. The number of carboxylic acids is 1. The lowest BCUT2D eigenvalue weighted by molar-refractivity contribution is -0.138. The summed E-state index contributed by atoms with van der Waals surface area (Å²) < 4.78 is 10.8. The molecule has 2 aromatic carbocycles. The Morgan fingerprint density at radius 2 is 1.86 bits per heavy atom. The molecule has 2 aromatic rings. The number of benzene rings is 2. The Bertz CT molecular complexity index is 862. The molecule has 0 saturated heterocycles. The Kier molecular flexibility index (Phi) is 8.53. The maximum absolute atomic E-state index is 12.0. The second kappa shape index (κ2) is 10.9. The topological polar surface area (TPSA) is 138 Å². The first-order chi connectivity index (χ1) is 13.8. The van der Waals surface area contributed by atoms with Crippen LogP contribution in [0.3, 0.4) is 0 Å². The van der Waals surface area contributed by atoms with Gasteiger partial charge in [0.2, 0.25) is 0 Å². The minimum atomic E-state index is -1.21. The van der Waals surface area contributed by atoms with Crippen molar-refractivity contribution in [1.82, 2.24) is 0 Å². The van der Waals surface area contributed by atoms with Crippen molar-refractivity contribution in [3.05, 3.63) is 57.6 Å².